The summed E-state index contributed by atoms with van der Waals surface area (Å²) in [7, 11) is 5.43. The molecule has 8 heteroatoms. The van der Waals surface area contributed by atoms with Gasteiger partial charge in [0.05, 0.1) is 4.90 Å². The fourth-order valence-electron chi connectivity index (χ4n) is 1.81. The summed E-state index contributed by atoms with van der Waals surface area (Å²) in [6, 6.07) is 6.03. The van der Waals surface area contributed by atoms with Crippen LogP contribution in [0.15, 0.2) is 29.2 Å². The highest BCUT2D eigenvalue weighted by Gasteiger charge is 2.17. The SMILES string of the molecule is CN(C)CCOc1ccc(S(=O)(=O)Cl)c2ccc(Cl)nc12. The number of pyridine rings is 1. The first-order valence-corrected chi connectivity index (χ1v) is 8.79. The normalized spacial score (nSPS) is 12.0. The van der Waals surface area contributed by atoms with Crippen LogP contribution in [0.3, 0.4) is 0 Å². The summed E-state index contributed by atoms with van der Waals surface area (Å²) in [5, 5.41) is 0.640. The summed E-state index contributed by atoms with van der Waals surface area (Å²) in [5.41, 5.74) is 0.378. The Balaban J connectivity index is 2.51. The molecule has 5 nitrogen and oxygen atoms in total. The Morgan fingerprint density at radius 2 is 1.95 bits per heavy atom. The molecule has 1 aromatic heterocycles. The molecular weight excluding hydrogens is 335 g/mol. The van der Waals surface area contributed by atoms with E-state index in [2.05, 4.69) is 4.98 Å². The molecule has 0 fully saturated rings. The maximum Gasteiger partial charge on any atom is 0.261 e. The molecule has 114 valence electrons. The molecule has 0 N–H and O–H groups in total. The van der Waals surface area contributed by atoms with Crippen molar-refractivity contribution in [2.45, 2.75) is 4.90 Å². The van der Waals surface area contributed by atoms with Gasteiger partial charge in [-0.1, -0.05) is 11.6 Å². The number of hydrogen-bond donors (Lipinski definition) is 0. The molecule has 0 unspecified atom stereocenters. The predicted octanol–water partition coefficient (Wildman–Crippen LogP) is 2.76. The lowest BCUT2D eigenvalue weighted by Gasteiger charge is -2.13. The Hall–Kier alpha value is -1.08. The Kier molecular flexibility index (Phi) is 4.93. The molecule has 0 bridgehead atoms. The number of nitrogens with zero attached hydrogens (tertiary/aromatic N) is 2. The lowest BCUT2D eigenvalue weighted by atomic mass is 10.2. The number of likely N-dealkylation sites (N-methyl/N-ethyl adjacent to an activating group) is 1. The van der Waals surface area contributed by atoms with Crippen molar-refractivity contribution in [3.05, 3.63) is 29.4 Å². The van der Waals surface area contributed by atoms with E-state index in [9.17, 15) is 8.42 Å². The maximum atomic E-state index is 11.6. The number of hydrogen-bond acceptors (Lipinski definition) is 5. The van der Waals surface area contributed by atoms with Crippen LogP contribution in [0.4, 0.5) is 0 Å². The van der Waals surface area contributed by atoms with E-state index >= 15 is 0 Å². The summed E-state index contributed by atoms with van der Waals surface area (Å²) in [5.74, 6) is 0.471. The monoisotopic (exact) mass is 348 g/mol. The Morgan fingerprint density at radius 3 is 2.57 bits per heavy atom. The number of rotatable bonds is 5. The first-order valence-electron chi connectivity index (χ1n) is 6.10. The molecule has 2 aromatic rings. The number of fused-ring (bicyclic) bond motifs is 1. The van der Waals surface area contributed by atoms with Crippen molar-refractivity contribution in [1.82, 2.24) is 9.88 Å². The van der Waals surface area contributed by atoms with Gasteiger partial charge in [-0.15, -0.1) is 0 Å². The van der Waals surface area contributed by atoms with Crippen molar-refractivity contribution in [2.24, 2.45) is 0 Å². The van der Waals surface area contributed by atoms with Crippen molar-refractivity contribution in [2.75, 3.05) is 27.2 Å². The topological polar surface area (TPSA) is 59.5 Å². The minimum Gasteiger partial charge on any atom is -0.490 e. The molecule has 2 rings (SSSR count). The number of aromatic nitrogens is 1. The number of ether oxygens (including phenoxy) is 1. The molecule has 0 aliphatic rings. The van der Waals surface area contributed by atoms with Crippen LogP contribution in [0.25, 0.3) is 10.9 Å². The molecule has 0 saturated carbocycles. The Morgan fingerprint density at radius 1 is 1.24 bits per heavy atom. The molecule has 1 heterocycles. The van der Waals surface area contributed by atoms with Gasteiger partial charge >= 0.3 is 0 Å². The van der Waals surface area contributed by atoms with Gasteiger partial charge in [0.25, 0.3) is 9.05 Å². The van der Waals surface area contributed by atoms with Crippen molar-refractivity contribution in [3.8, 4) is 5.75 Å². The summed E-state index contributed by atoms with van der Waals surface area (Å²) in [4.78, 5) is 6.11. The third-order valence-electron chi connectivity index (χ3n) is 2.80. The van der Waals surface area contributed by atoms with Gasteiger partial charge in [-0.3, -0.25) is 0 Å². The standard InChI is InChI=1S/C13H14Cl2N2O3S/c1-17(2)7-8-20-10-4-5-11(21(15,18)19)9-3-6-12(14)16-13(9)10/h3-6H,7-8H2,1-2H3. The molecule has 0 saturated heterocycles. The van der Waals surface area contributed by atoms with E-state index in [-0.39, 0.29) is 10.0 Å². The first kappa shape index (κ1) is 16.3. The van der Waals surface area contributed by atoms with Crippen molar-refractivity contribution in [1.29, 1.82) is 0 Å². The lowest BCUT2D eigenvalue weighted by molar-refractivity contribution is 0.263. The third kappa shape index (κ3) is 3.97. The summed E-state index contributed by atoms with van der Waals surface area (Å²) in [6.07, 6.45) is 0. The summed E-state index contributed by atoms with van der Waals surface area (Å²) >= 11 is 5.88. The zero-order valence-corrected chi connectivity index (χ0v) is 13.8. The molecule has 0 aliphatic heterocycles. The van der Waals surface area contributed by atoms with Crippen LogP contribution in [0.2, 0.25) is 5.15 Å². The molecule has 0 spiro atoms. The minimum absolute atomic E-state index is 0.0108. The summed E-state index contributed by atoms with van der Waals surface area (Å²) in [6.45, 7) is 1.17. The smallest absolute Gasteiger partial charge is 0.261 e. The van der Waals surface area contributed by atoms with Crippen LogP contribution in [0.1, 0.15) is 0 Å². The van der Waals surface area contributed by atoms with Gasteiger partial charge in [0.1, 0.15) is 23.0 Å². The average Bonchev–Trinajstić information content (AvgIpc) is 2.37. The maximum absolute atomic E-state index is 11.6. The van der Waals surface area contributed by atoms with Gasteiger partial charge in [-0.05, 0) is 38.4 Å². The average molecular weight is 349 g/mol. The highest BCUT2D eigenvalue weighted by atomic mass is 35.7. The van der Waals surface area contributed by atoms with Crippen LogP contribution in [0, 0.1) is 0 Å². The zero-order chi connectivity index (χ0) is 15.6. The zero-order valence-electron chi connectivity index (χ0n) is 11.5. The second-order valence-electron chi connectivity index (χ2n) is 4.68. The van der Waals surface area contributed by atoms with Gasteiger partial charge < -0.3 is 9.64 Å². The predicted molar refractivity (Wildman–Crippen MR) is 83.8 cm³/mol. The molecular formula is C13H14Cl2N2O3S. The van der Waals surface area contributed by atoms with E-state index in [4.69, 9.17) is 27.0 Å². The van der Waals surface area contributed by atoms with Gasteiger partial charge in [-0.2, -0.15) is 0 Å². The third-order valence-corrected chi connectivity index (χ3v) is 4.40. The number of benzene rings is 1. The second-order valence-corrected chi connectivity index (χ2v) is 7.60. The van der Waals surface area contributed by atoms with Crippen LogP contribution in [-0.2, 0) is 9.05 Å². The molecule has 0 amide bonds. The number of halogens is 2. The molecule has 0 radical (unpaired) electrons. The molecule has 1 aromatic carbocycles. The fraction of sp³-hybridized carbons (Fsp3) is 0.308. The largest absolute Gasteiger partial charge is 0.490 e. The quantitative estimate of drug-likeness (QED) is 0.614. The van der Waals surface area contributed by atoms with E-state index in [0.717, 1.165) is 6.54 Å². The Bertz CT molecular complexity index is 763. The first-order chi connectivity index (χ1) is 9.79. The van der Waals surface area contributed by atoms with E-state index in [1.54, 1.807) is 6.07 Å². The van der Waals surface area contributed by atoms with Crippen molar-refractivity contribution < 1.29 is 13.2 Å². The highest BCUT2D eigenvalue weighted by molar-refractivity contribution is 8.14. The van der Waals surface area contributed by atoms with Gasteiger partial charge in [-0.25, -0.2) is 13.4 Å². The van der Waals surface area contributed by atoms with E-state index in [1.807, 2.05) is 19.0 Å². The molecule has 21 heavy (non-hydrogen) atoms. The molecule has 0 aliphatic carbocycles. The van der Waals surface area contributed by atoms with Crippen LogP contribution in [-0.4, -0.2) is 45.5 Å². The van der Waals surface area contributed by atoms with Gasteiger partial charge in [0, 0.05) is 22.6 Å². The van der Waals surface area contributed by atoms with Crippen LogP contribution < -0.4 is 4.74 Å². The Labute approximate surface area is 132 Å². The van der Waals surface area contributed by atoms with Crippen molar-refractivity contribution >= 4 is 42.2 Å². The minimum atomic E-state index is -3.87. The lowest BCUT2D eigenvalue weighted by Crippen LogP contribution is -2.19. The van der Waals surface area contributed by atoms with Crippen LogP contribution >= 0.6 is 22.3 Å². The second kappa shape index (κ2) is 6.36. The van der Waals surface area contributed by atoms with Crippen LogP contribution in [0.5, 0.6) is 5.75 Å². The summed E-state index contributed by atoms with van der Waals surface area (Å²) < 4.78 is 28.9. The van der Waals surface area contributed by atoms with Crippen molar-refractivity contribution in [3.63, 3.8) is 0 Å². The molecule has 0 atom stereocenters. The van der Waals surface area contributed by atoms with E-state index in [0.29, 0.717) is 23.3 Å². The van der Waals surface area contributed by atoms with Gasteiger partial charge in [0.2, 0.25) is 0 Å². The fourth-order valence-corrected chi connectivity index (χ4v) is 3.02. The van der Waals surface area contributed by atoms with Gasteiger partial charge in [0.15, 0.2) is 0 Å². The van der Waals surface area contributed by atoms with E-state index < -0.39 is 9.05 Å². The highest BCUT2D eigenvalue weighted by Crippen LogP contribution is 2.32. The van der Waals surface area contributed by atoms with E-state index in [1.165, 1.54) is 18.2 Å².